The molecule has 19 heavy (non-hydrogen) atoms. The van der Waals surface area contributed by atoms with E-state index in [2.05, 4.69) is 37.3 Å². The zero-order valence-electron chi connectivity index (χ0n) is 11.0. The third-order valence-corrected chi connectivity index (χ3v) is 3.06. The number of hydrogen-bond acceptors (Lipinski definition) is 2. The highest BCUT2D eigenvalue weighted by Gasteiger charge is 1.99. The van der Waals surface area contributed by atoms with Gasteiger partial charge in [-0.1, -0.05) is 48.0 Å². The van der Waals surface area contributed by atoms with E-state index >= 15 is 0 Å². The van der Waals surface area contributed by atoms with E-state index in [0.29, 0.717) is 5.56 Å². The highest BCUT2D eigenvalue weighted by Crippen LogP contribution is 2.19. The summed E-state index contributed by atoms with van der Waals surface area (Å²) < 4.78 is 0. The van der Waals surface area contributed by atoms with Crippen LogP contribution in [0.5, 0.6) is 5.75 Å². The summed E-state index contributed by atoms with van der Waals surface area (Å²) in [6.45, 7) is 1.93. The van der Waals surface area contributed by atoms with E-state index in [1.807, 2.05) is 12.1 Å². The molecule has 0 aliphatic rings. The molecule has 0 amide bonds. The summed E-state index contributed by atoms with van der Waals surface area (Å²) in [5.41, 5.74) is 4.06. The minimum atomic E-state index is -0.147. The van der Waals surface area contributed by atoms with E-state index in [0.717, 1.165) is 12.0 Å². The Morgan fingerprint density at radius 3 is 2.47 bits per heavy atom. The van der Waals surface area contributed by atoms with Crippen LogP contribution >= 0.6 is 0 Å². The molecule has 2 aromatic rings. The Bertz CT molecular complexity index is 568. The SMILES string of the molecule is Cc1ccc(C/C=C/c2ccc(O)c(CO)c2)cc1. The zero-order chi connectivity index (χ0) is 13.7. The van der Waals surface area contributed by atoms with Gasteiger partial charge in [-0.15, -0.1) is 0 Å². The van der Waals surface area contributed by atoms with Crippen molar-refractivity contribution in [3.8, 4) is 5.75 Å². The molecule has 0 aromatic heterocycles. The van der Waals surface area contributed by atoms with E-state index < -0.39 is 0 Å². The molecule has 2 aromatic carbocycles. The van der Waals surface area contributed by atoms with Gasteiger partial charge >= 0.3 is 0 Å². The smallest absolute Gasteiger partial charge is 0.121 e. The fourth-order valence-electron chi connectivity index (χ4n) is 1.89. The molecule has 2 nitrogen and oxygen atoms in total. The highest BCUT2D eigenvalue weighted by atomic mass is 16.3. The summed E-state index contributed by atoms with van der Waals surface area (Å²) in [4.78, 5) is 0. The van der Waals surface area contributed by atoms with Crippen molar-refractivity contribution in [2.75, 3.05) is 0 Å². The van der Waals surface area contributed by atoms with E-state index in [4.69, 9.17) is 5.11 Å². The first-order valence-corrected chi connectivity index (χ1v) is 6.34. The van der Waals surface area contributed by atoms with Gasteiger partial charge in [0.25, 0.3) is 0 Å². The molecule has 98 valence electrons. The van der Waals surface area contributed by atoms with Gasteiger partial charge in [0.15, 0.2) is 0 Å². The molecule has 0 unspecified atom stereocenters. The first-order valence-electron chi connectivity index (χ1n) is 6.34. The molecule has 0 fully saturated rings. The van der Waals surface area contributed by atoms with Crippen LogP contribution in [-0.2, 0) is 13.0 Å². The average Bonchev–Trinajstić information content (AvgIpc) is 2.43. The standard InChI is InChI=1S/C17H18O2/c1-13-5-7-14(8-6-13)3-2-4-15-9-10-17(19)16(11-15)12-18/h2,4-11,18-19H,3,12H2,1H3/b4-2+. The second-order valence-corrected chi connectivity index (χ2v) is 4.64. The Balaban J connectivity index is 2.04. The summed E-state index contributed by atoms with van der Waals surface area (Å²) in [6, 6.07) is 13.7. The van der Waals surface area contributed by atoms with Gasteiger partial charge in [0.1, 0.15) is 5.75 Å². The lowest BCUT2D eigenvalue weighted by Crippen LogP contribution is -1.85. The number of rotatable bonds is 4. The van der Waals surface area contributed by atoms with Crippen molar-refractivity contribution >= 4 is 6.08 Å². The van der Waals surface area contributed by atoms with Gasteiger partial charge in [0.2, 0.25) is 0 Å². The molecular formula is C17H18O2. The van der Waals surface area contributed by atoms with Crippen LogP contribution in [0.2, 0.25) is 0 Å². The summed E-state index contributed by atoms with van der Waals surface area (Å²) in [7, 11) is 0. The summed E-state index contributed by atoms with van der Waals surface area (Å²) in [5.74, 6) is 0.137. The third-order valence-electron chi connectivity index (χ3n) is 3.06. The van der Waals surface area contributed by atoms with Gasteiger partial charge in [0.05, 0.1) is 6.61 Å². The van der Waals surface area contributed by atoms with Crippen LogP contribution in [-0.4, -0.2) is 10.2 Å². The lowest BCUT2D eigenvalue weighted by atomic mass is 10.1. The Morgan fingerprint density at radius 1 is 1.05 bits per heavy atom. The van der Waals surface area contributed by atoms with E-state index in [1.165, 1.54) is 11.1 Å². The Hall–Kier alpha value is -2.06. The number of hydrogen-bond donors (Lipinski definition) is 2. The van der Waals surface area contributed by atoms with Gasteiger partial charge in [-0.05, 0) is 36.6 Å². The Morgan fingerprint density at radius 2 is 1.79 bits per heavy atom. The van der Waals surface area contributed by atoms with Crippen molar-refractivity contribution in [2.24, 2.45) is 0 Å². The van der Waals surface area contributed by atoms with Gasteiger partial charge < -0.3 is 10.2 Å². The largest absolute Gasteiger partial charge is 0.508 e. The molecule has 2 rings (SSSR count). The molecule has 0 saturated carbocycles. The molecule has 2 N–H and O–H groups in total. The first-order chi connectivity index (χ1) is 9.19. The fraction of sp³-hybridized carbons (Fsp3) is 0.176. The van der Waals surface area contributed by atoms with Crippen LogP contribution in [0.15, 0.2) is 48.5 Å². The number of benzene rings is 2. The normalized spacial score (nSPS) is 11.1. The predicted octanol–water partition coefficient (Wildman–Crippen LogP) is 3.45. The minimum Gasteiger partial charge on any atom is -0.508 e. The highest BCUT2D eigenvalue weighted by molar-refractivity contribution is 5.53. The van der Waals surface area contributed by atoms with E-state index in [-0.39, 0.29) is 12.4 Å². The lowest BCUT2D eigenvalue weighted by molar-refractivity contribution is 0.275. The van der Waals surface area contributed by atoms with Gasteiger partial charge in [-0.25, -0.2) is 0 Å². The maximum Gasteiger partial charge on any atom is 0.121 e. The molecular weight excluding hydrogens is 236 g/mol. The number of aliphatic hydroxyl groups excluding tert-OH is 1. The van der Waals surface area contributed by atoms with Crippen LogP contribution in [0.3, 0.4) is 0 Å². The third kappa shape index (κ3) is 3.70. The van der Waals surface area contributed by atoms with Crippen molar-refractivity contribution in [2.45, 2.75) is 20.0 Å². The van der Waals surface area contributed by atoms with Crippen LogP contribution in [0.1, 0.15) is 22.3 Å². The number of allylic oxidation sites excluding steroid dienone is 1. The van der Waals surface area contributed by atoms with Gasteiger partial charge in [0, 0.05) is 5.56 Å². The number of aromatic hydroxyl groups is 1. The van der Waals surface area contributed by atoms with Crippen LogP contribution in [0, 0.1) is 6.92 Å². The predicted molar refractivity (Wildman–Crippen MR) is 77.9 cm³/mol. The molecule has 0 radical (unpaired) electrons. The second-order valence-electron chi connectivity index (χ2n) is 4.64. The molecule has 0 spiro atoms. The molecule has 0 heterocycles. The van der Waals surface area contributed by atoms with Crippen molar-refractivity contribution in [3.63, 3.8) is 0 Å². The first kappa shape index (κ1) is 13.4. The second kappa shape index (κ2) is 6.21. The van der Waals surface area contributed by atoms with Crippen LogP contribution in [0.4, 0.5) is 0 Å². The van der Waals surface area contributed by atoms with Crippen molar-refractivity contribution in [3.05, 3.63) is 70.8 Å². The van der Waals surface area contributed by atoms with E-state index in [9.17, 15) is 5.11 Å². The van der Waals surface area contributed by atoms with Gasteiger partial charge in [-0.3, -0.25) is 0 Å². The van der Waals surface area contributed by atoms with Crippen molar-refractivity contribution in [1.82, 2.24) is 0 Å². The Labute approximate surface area is 113 Å². The quantitative estimate of drug-likeness (QED) is 0.877. The average molecular weight is 254 g/mol. The fourth-order valence-corrected chi connectivity index (χ4v) is 1.89. The molecule has 0 aliphatic heterocycles. The number of phenols is 1. The monoisotopic (exact) mass is 254 g/mol. The summed E-state index contributed by atoms with van der Waals surface area (Å²) >= 11 is 0. The van der Waals surface area contributed by atoms with Crippen LogP contribution < -0.4 is 0 Å². The molecule has 0 aliphatic carbocycles. The number of aliphatic hydroxyl groups is 1. The number of aryl methyl sites for hydroxylation is 1. The van der Waals surface area contributed by atoms with Crippen molar-refractivity contribution < 1.29 is 10.2 Å². The lowest BCUT2D eigenvalue weighted by Gasteiger charge is -2.02. The zero-order valence-corrected chi connectivity index (χ0v) is 11.0. The molecule has 0 bridgehead atoms. The molecule has 0 atom stereocenters. The molecule has 2 heteroatoms. The topological polar surface area (TPSA) is 40.5 Å². The van der Waals surface area contributed by atoms with Gasteiger partial charge in [-0.2, -0.15) is 0 Å². The molecule has 0 saturated heterocycles. The maximum absolute atomic E-state index is 9.48. The maximum atomic E-state index is 9.48. The van der Waals surface area contributed by atoms with Crippen molar-refractivity contribution in [1.29, 1.82) is 0 Å². The Kier molecular flexibility index (Phi) is 4.37. The minimum absolute atomic E-state index is 0.137. The van der Waals surface area contributed by atoms with E-state index in [1.54, 1.807) is 12.1 Å². The summed E-state index contributed by atoms with van der Waals surface area (Å²) in [5, 5.41) is 18.6. The summed E-state index contributed by atoms with van der Waals surface area (Å²) in [6.07, 6.45) is 4.95. The van der Waals surface area contributed by atoms with Crippen LogP contribution in [0.25, 0.3) is 6.08 Å².